The summed E-state index contributed by atoms with van der Waals surface area (Å²) >= 11 is 0. The van der Waals surface area contributed by atoms with Gasteiger partial charge in [0, 0.05) is 12.6 Å². The molecule has 1 aromatic carbocycles. The Labute approximate surface area is 120 Å². The molecule has 0 amide bonds. The average molecular weight is 269 g/mol. The zero-order chi connectivity index (χ0) is 13.8. The van der Waals surface area contributed by atoms with Crippen LogP contribution >= 0.6 is 0 Å². The molecule has 1 N–H and O–H groups in total. The van der Waals surface area contributed by atoms with Crippen molar-refractivity contribution in [3.8, 4) is 0 Å². The van der Waals surface area contributed by atoms with E-state index in [1.165, 1.54) is 32.1 Å². The van der Waals surface area contributed by atoms with Crippen LogP contribution in [-0.2, 0) is 6.54 Å². The minimum Gasteiger partial charge on any atom is -0.308 e. The third-order valence-corrected chi connectivity index (χ3v) is 4.46. The maximum Gasteiger partial charge on any atom is 0.0890 e. The maximum absolute atomic E-state index is 4.67. The minimum absolute atomic E-state index is 0.573. The summed E-state index contributed by atoms with van der Waals surface area (Å²) in [6, 6.07) is 8.61. The third kappa shape index (κ3) is 3.15. The molecule has 0 aliphatic heterocycles. The van der Waals surface area contributed by atoms with Crippen LogP contribution in [0.25, 0.3) is 11.0 Å². The van der Waals surface area contributed by atoms with Gasteiger partial charge in [-0.15, -0.1) is 0 Å². The molecule has 1 aliphatic rings. The predicted molar refractivity (Wildman–Crippen MR) is 82.4 cm³/mol. The Balaban J connectivity index is 1.61. The van der Waals surface area contributed by atoms with E-state index in [0.29, 0.717) is 6.04 Å². The largest absolute Gasteiger partial charge is 0.308 e. The van der Waals surface area contributed by atoms with Crippen molar-refractivity contribution in [2.45, 2.75) is 51.6 Å². The maximum atomic E-state index is 4.67. The van der Waals surface area contributed by atoms with E-state index in [9.17, 15) is 0 Å². The fraction of sp³-hybridized carbons (Fsp3) is 0.529. The van der Waals surface area contributed by atoms with Gasteiger partial charge in [0.15, 0.2) is 0 Å². The zero-order valence-corrected chi connectivity index (χ0v) is 12.2. The Hall–Kier alpha value is -1.48. The van der Waals surface area contributed by atoms with E-state index in [4.69, 9.17) is 0 Å². The van der Waals surface area contributed by atoms with Crippen molar-refractivity contribution < 1.29 is 0 Å². The molecule has 1 fully saturated rings. The number of nitrogens with zero attached hydrogens (tertiary/aromatic N) is 2. The van der Waals surface area contributed by atoms with Gasteiger partial charge in [-0.2, -0.15) is 0 Å². The second-order valence-corrected chi connectivity index (χ2v) is 5.92. The van der Waals surface area contributed by atoms with E-state index in [1.807, 2.05) is 30.5 Å². The molecule has 20 heavy (non-hydrogen) atoms. The van der Waals surface area contributed by atoms with E-state index in [-0.39, 0.29) is 0 Å². The molecule has 0 bridgehead atoms. The lowest BCUT2D eigenvalue weighted by Gasteiger charge is -2.28. The number of benzene rings is 1. The van der Waals surface area contributed by atoms with E-state index >= 15 is 0 Å². The summed E-state index contributed by atoms with van der Waals surface area (Å²) < 4.78 is 0. The van der Waals surface area contributed by atoms with Gasteiger partial charge < -0.3 is 5.32 Å². The van der Waals surface area contributed by atoms with Gasteiger partial charge in [-0.25, -0.2) is 4.98 Å². The van der Waals surface area contributed by atoms with Gasteiger partial charge in [-0.1, -0.05) is 31.4 Å². The highest BCUT2D eigenvalue weighted by Gasteiger charge is 2.19. The van der Waals surface area contributed by atoms with Crippen LogP contribution < -0.4 is 5.32 Å². The highest BCUT2D eigenvalue weighted by molar-refractivity contribution is 5.73. The fourth-order valence-electron chi connectivity index (χ4n) is 3.15. The monoisotopic (exact) mass is 269 g/mol. The molecule has 0 spiro atoms. The molecule has 1 atom stereocenters. The molecule has 0 unspecified atom stereocenters. The van der Waals surface area contributed by atoms with Gasteiger partial charge in [-0.05, 0) is 37.8 Å². The summed E-state index contributed by atoms with van der Waals surface area (Å²) in [7, 11) is 0. The van der Waals surface area contributed by atoms with Gasteiger partial charge in [-0.3, -0.25) is 4.98 Å². The molecule has 3 rings (SSSR count). The second-order valence-electron chi connectivity index (χ2n) is 5.92. The average Bonchev–Trinajstić information content (AvgIpc) is 2.53. The number of hydrogen-bond donors (Lipinski definition) is 1. The first-order valence-electron chi connectivity index (χ1n) is 7.77. The van der Waals surface area contributed by atoms with Crippen LogP contribution in [0.3, 0.4) is 0 Å². The SMILES string of the molecule is C[C@@H](NCc1cnc2ccccc2n1)C1CCCCC1. The smallest absolute Gasteiger partial charge is 0.0890 e. The van der Waals surface area contributed by atoms with Crippen molar-refractivity contribution in [3.05, 3.63) is 36.2 Å². The summed E-state index contributed by atoms with van der Waals surface area (Å²) in [6.07, 6.45) is 8.84. The molecule has 3 nitrogen and oxygen atoms in total. The van der Waals surface area contributed by atoms with E-state index in [2.05, 4.69) is 22.2 Å². The standard InChI is InChI=1S/C17H23N3/c1-13(14-7-3-2-4-8-14)18-11-15-12-19-16-9-5-6-10-17(16)20-15/h5-6,9-10,12-14,18H,2-4,7-8,11H2,1H3/t13-/m1/s1. The molecule has 0 saturated heterocycles. The van der Waals surface area contributed by atoms with Crippen LogP contribution in [-0.4, -0.2) is 16.0 Å². The van der Waals surface area contributed by atoms with E-state index in [1.54, 1.807) is 0 Å². The van der Waals surface area contributed by atoms with Crippen LogP contribution in [0.5, 0.6) is 0 Å². The summed E-state index contributed by atoms with van der Waals surface area (Å²) in [5.74, 6) is 0.831. The first-order chi connectivity index (χ1) is 9.83. The first kappa shape index (κ1) is 13.5. The van der Waals surface area contributed by atoms with Crippen molar-refractivity contribution in [3.63, 3.8) is 0 Å². The Kier molecular flexibility index (Phi) is 4.26. The Morgan fingerprint density at radius 1 is 1.15 bits per heavy atom. The Morgan fingerprint density at radius 3 is 2.70 bits per heavy atom. The number of para-hydroxylation sites is 2. The third-order valence-electron chi connectivity index (χ3n) is 4.46. The molecule has 1 aliphatic carbocycles. The number of nitrogens with one attached hydrogen (secondary N) is 1. The first-order valence-corrected chi connectivity index (χ1v) is 7.77. The lowest BCUT2D eigenvalue weighted by molar-refractivity contribution is 0.280. The summed E-state index contributed by atoms with van der Waals surface area (Å²) in [5, 5.41) is 3.63. The van der Waals surface area contributed by atoms with Crippen LogP contribution in [0.4, 0.5) is 0 Å². The quantitative estimate of drug-likeness (QED) is 0.920. The molecule has 1 aromatic heterocycles. The van der Waals surface area contributed by atoms with Crippen molar-refractivity contribution in [2.75, 3.05) is 0 Å². The van der Waals surface area contributed by atoms with E-state index < -0.39 is 0 Å². The van der Waals surface area contributed by atoms with Gasteiger partial charge in [0.2, 0.25) is 0 Å². The molecule has 0 radical (unpaired) electrons. The molecular weight excluding hydrogens is 246 g/mol. The lowest BCUT2D eigenvalue weighted by Crippen LogP contribution is -2.34. The van der Waals surface area contributed by atoms with Gasteiger partial charge in [0.05, 0.1) is 22.9 Å². The number of rotatable bonds is 4. The van der Waals surface area contributed by atoms with Gasteiger partial charge >= 0.3 is 0 Å². The Bertz CT molecular complexity index is 561. The molecular formula is C17H23N3. The highest BCUT2D eigenvalue weighted by Crippen LogP contribution is 2.26. The Morgan fingerprint density at radius 2 is 1.90 bits per heavy atom. The molecule has 3 heteroatoms. The number of hydrogen-bond acceptors (Lipinski definition) is 3. The van der Waals surface area contributed by atoms with E-state index in [0.717, 1.165) is 29.2 Å². The zero-order valence-electron chi connectivity index (χ0n) is 12.2. The number of fused-ring (bicyclic) bond motifs is 1. The van der Waals surface area contributed by atoms with Crippen molar-refractivity contribution in [1.82, 2.24) is 15.3 Å². The number of aromatic nitrogens is 2. The normalized spacial score (nSPS) is 18.2. The highest BCUT2D eigenvalue weighted by atomic mass is 14.9. The molecule has 1 heterocycles. The summed E-state index contributed by atoms with van der Waals surface area (Å²) in [6.45, 7) is 3.12. The minimum atomic E-state index is 0.573. The summed E-state index contributed by atoms with van der Waals surface area (Å²) in [5.41, 5.74) is 2.99. The molecule has 2 aromatic rings. The van der Waals surface area contributed by atoms with Crippen LogP contribution in [0, 0.1) is 5.92 Å². The second kappa shape index (κ2) is 6.31. The van der Waals surface area contributed by atoms with Crippen LogP contribution in [0.2, 0.25) is 0 Å². The van der Waals surface area contributed by atoms with Gasteiger partial charge in [0.1, 0.15) is 0 Å². The van der Waals surface area contributed by atoms with Crippen LogP contribution in [0.15, 0.2) is 30.5 Å². The summed E-state index contributed by atoms with van der Waals surface area (Å²) in [4.78, 5) is 9.14. The fourth-order valence-corrected chi connectivity index (χ4v) is 3.15. The molecule has 1 saturated carbocycles. The predicted octanol–water partition coefficient (Wildman–Crippen LogP) is 3.69. The van der Waals surface area contributed by atoms with Gasteiger partial charge in [0.25, 0.3) is 0 Å². The van der Waals surface area contributed by atoms with Crippen LogP contribution in [0.1, 0.15) is 44.7 Å². The van der Waals surface area contributed by atoms with Crippen molar-refractivity contribution in [2.24, 2.45) is 5.92 Å². The topological polar surface area (TPSA) is 37.8 Å². The van der Waals surface area contributed by atoms with Crippen molar-refractivity contribution in [1.29, 1.82) is 0 Å². The van der Waals surface area contributed by atoms with Crippen molar-refractivity contribution >= 4 is 11.0 Å². The molecule has 106 valence electrons. The lowest BCUT2D eigenvalue weighted by atomic mass is 9.84.